The molecular formula is C20H35NO3. The van der Waals surface area contributed by atoms with E-state index in [9.17, 15) is 14.7 Å². The summed E-state index contributed by atoms with van der Waals surface area (Å²) in [7, 11) is 0. The molecule has 4 heteroatoms. The summed E-state index contributed by atoms with van der Waals surface area (Å²) < 4.78 is 0. The fourth-order valence-corrected chi connectivity index (χ4v) is 2.52. The molecule has 2 unspecified atom stereocenters. The maximum Gasteiger partial charge on any atom is 0.307 e. The molecule has 0 saturated carbocycles. The largest absolute Gasteiger partial charge is 0.481 e. The Hall–Kier alpha value is -1.58. The van der Waals surface area contributed by atoms with Gasteiger partial charge in [-0.05, 0) is 44.4 Å². The highest BCUT2D eigenvalue weighted by atomic mass is 16.4. The van der Waals surface area contributed by atoms with Crippen LogP contribution in [-0.4, -0.2) is 23.5 Å². The smallest absolute Gasteiger partial charge is 0.307 e. The molecule has 4 nitrogen and oxygen atoms in total. The second-order valence-electron chi connectivity index (χ2n) is 7.06. The summed E-state index contributed by atoms with van der Waals surface area (Å²) in [4.78, 5) is 23.4. The second kappa shape index (κ2) is 11.9. The number of hydrogen-bond acceptors (Lipinski definition) is 2. The van der Waals surface area contributed by atoms with Crippen molar-refractivity contribution in [3.05, 3.63) is 24.3 Å². The summed E-state index contributed by atoms with van der Waals surface area (Å²) in [6, 6.07) is 0. The highest BCUT2D eigenvalue weighted by molar-refractivity contribution is 5.82. The van der Waals surface area contributed by atoms with E-state index in [0.717, 1.165) is 25.7 Å². The van der Waals surface area contributed by atoms with E-state index in [1.807, 2.05) is 26.0 Å². The molecule has 0 aliphatic carbocycles. The summed E-state index contributed by atoms with van der Waals surface area (Å²) in [6.45, 7) is 10.9. The highest BCUT2D eigenvalue weighted by Crippen LogP contribution is 2.26. The van der Waals surface area contributed by atoms with E-state index in [2.05, 4.69) is 38.2 Å². The van der Waals surface area contributed by atoms with Crippen LogP contribution >= 0.6 is 0 Å². The van der Waals surface area contributed by atoms with Gasteiger partial charge in [0.1, 0.15) is 0 Å². The first kappa shape index (κ1) is 22.4. The molecule has 2 atom stereocenters. The molecule has 0 saturated heterocycles. The second-order valence-corrected chi connectivity index (χ2v) is 7.06. The van der Waals surface area contributed by atoms with Crippen LogP contribution in [0, 0.1) is 17.3 Å². The van der Waals surface area contributed by atoms with Crippen LogP contribution in [0.1, 0.15) is 66.7 Å². The lowest BCUT2D eigenvalue weighted by Gasteiger charge is -2.21. The molecule has 0 aromatic carbocycles. The molecule has 0 aromatic rings. The molecule has 2 N–H and O–H groups in total. The van der Waals surface area contributed by atoms with Gasteiger partial charge in [0.15, 0.2) is 0 Å². The van der Waals surface area contributed by atoms with E-state index in [4.69, 9.17) is 0 Å². The van der Waals surface area contributed by atoms with Crippen molar-refractivity contribution in [2.24, 2.45) is 17.3 Å². The van der Waals surface area contributed by atoms with Gasteiger partial charge in [-0.25, -0.2) is 0 Å². The maximum absolute atomic E-state index is 11.8. The number of carboxylic acids is 1. The van der Waals surface area contributed by atoms with Crippen LogP contribution in [0.15, 0.2) is 24.3 Å². The molecule has 138 valence electrons. The van der Waals surface area contributed by atoms with Gasteiger partial charge in [-0.1, -0.05) is 51.5 Å². The summed E-state index contributed by atoms with van der Waals surface area (Å²) >= 11 is 0. The van der Waals surface area contributed by atoms with Crippen molar-refractivity contribution in [2.75, 3.05) is 6.54 Å². The zero-order chi connectivity index (χ0) is 18.6. The van der Waals surface area contributed by atoms with Gasteiger partial charge < -0.3 is 10.4 Å². The molecule has 0 fully saturated rings. The van der Waals surface area contributed by atoms with Gasteiger partial charge in [-0.3, -0.25) is 9.59 Å². The molecule has 0 rings (SSSR count). The van der Waals surface area contributed by atoms with Crippen LogP contribution in [0.25, 0.3) is 0 Å². The monoisotopic (exact) mass is 337 g/mol. The van der Waals surface area contributed by atoms with Gasteiger partial charge in [0.25, 0.3) is 0 Å². The Morgan fingerprint density at radius 3 is 2.38 bits per heavy atom. The predicted octanol–water partition coefficient (Wildman–Crippen LogP) is 4.57. The van der Waals surface area contributed by atoms with Crippen molar-refractivity contribution in [1.29, 1.82) is 0 Å². The Morgan fingerprint density at radius 1 is 1.21 bits per heavy atom. The minimum atomic E-state index is -0.902. The number of hydrogen-bond donors (Lipinski definition) is 2. The molecule has 0 aliphatic heterocycles. The molecule has 1 amide bonds. The fraction of sp³-hybridized carbons (Fsp3) is 0.700. The minimum Gasteiger partial charge on any atom is -0.481 e. The Bertz CT molecular complexity index is 438. The Labute approximate surface area is 147 Å². The van der Waals surface area contributed by atoms with Crippen LogP contribution in [0.4, 0.5) is 0 Å². The van der Waals surface area contributed by atoms with Gasteiger partial charge in [-0.2, -0.15) is 0 Å². The fourth-order valence-electron chi connectivity index (χ4n) is 2.52. The predicted molar refractivity (Wildman–Crippen MR) is 99.8 cm³/mol. The van der Waals surface area contributed by atoms with Gasteiger partial charge in [0.05, 0.1) is 5.92 Å². The first-order valence-corrected chi connectivity index (χ1v) is 9.04. The number of aliphatic carboxylic acids is 1. The van der Waals surface area contributed by atoms with Gasteiger partial charge in [0.2, 0.25) is 5.91 Å². The molecule has 0 spiro atoms. The number of allylic oxidation sites excluding steroid dienone is 4. The standard InChI is InChI=1S/C20H35NO3/c1-6-12-16(13-10-9-11-14-20(4,5)7-2)17(19(23)24)15-18(22)21-8-3/h6,9,11-12,16-17H,7-8,10,13-15H2,1-5H3,(H,21,22)(H,23,24)/b11-9+,12-6+. The van der Waals surface area contributed by atoms with Crippen LogP contribution in [-0.2, 0) is 9.59 Å². The molecule has 0 heterocycles. The summed E-state index contributed by atoms with van der Waals surface area (Å²) in [6.07, 6.45) is 11.9. The van der Waals surface area contributed by atoms with E-state index in [1.165, 1.54) is 0 Å². The Balaban J connectivity index is 4.71. The summed E-state index contributed by atoms with van der Waals surface area (Å²) in [5.41, 5.74) is 0.307. The van der Waals surface area contributed by atoms with Gasteiger partial charge >= 0.3 is 5.97 Å². The quantitative estimate of drug-likeness (QED) is 0.513. The zero-order valence-electron chi connectivity index (χ0n) is 16.0. The van der Waals surface area contributed by atoms with E-state index in [-0.39, 0.29) is 18.2 Å². The third-order valence-electron chi connectivity index (χ3n) is 4.51. The molecule has 0 radical (unpaired) electrons. The van der Waals surface area contributed by atoms with Gasteiger partial charge in [-0.15, -0.1) is 0 Å². The number of carboxylic acid groups (broad SMARTS) is 1. The average Bonchev–Trinajstić information content (AvgIpc) is 2.51. The lowest BCUT2D eigenvalue weighted by molar-refractivity contribution is -0.145. The normalized spacial score (nSPS) is 14.9. The number of nitrogens with one attached hydrogen (secondary N) is 1. The third kappa shape index (κ3) is 9.53. The minimum absolute atomic E-state index is 0.0325. The Morgan fingerprint density at radius 2 is 1.88 bits per heavy atom. The average molecular weight is 338 g/mol. The summed E-state index contributed by atoms with van der Waals surface area (Å²) in [5, 5.41) is 12.2. The van der Waals surface area contributed by atoms with Crippen LogP contribution in [0.5, 0.6) is 0 Å². The van der Waals surface area contributed by atoms with E-state index >= 15 is 0 Å². The number of amides is 1. The van der Waals surface area contributed by atoms with Crippen LogP contribution in [0.2, 0.25) is 0 Å². The van der Waals surface area contributed by atoms with Crippen LogP contribution < -0.4 is 5.32 Å². The lowest BCUT2D eigenvalue weighted by Crippen LogP contribution is -2.31. The maximum atomic E-state index is 11.8. The molecular weight excluding hydrogens is 302 g/mol. The van der Waals surface area contributed by atoms with E-state index in [1.54, 1.807) is 0 Å². The zero-order valence-corrected chi connectivity index (χ0v) is 16.0. The molecule has 0 aliphatic rings. The van der Waals surface area contributed by atoms with Crippen molar-refractivity contribution in [3.8, 4) is 0 Å². The van der Waals surface area contributed by atoms with Crippen molar-refractivity contribution >= 4 is 11.9 Å². The van der Waals surface area contributed by atoms with Crippen molar-refractivity contribution in [2.45, 2.75) is 66.7 Å². The lowest BCUT2D eigenvalue weighted by atomic mass is 9.84. The number of carbonyl (C=O) groups is 2. The summed E-state index contributed by atoms with van der Waals surface area (Å²) in [5.74, 6) is -1.90. The number of carbonyl (C=O) groups excluding carboxylic acids is 1. The SMILES string of the molecule is C/C=C/C(CC/C=C/CC(C)(C)CC)C(CC(=O)NCC)C(=O)O. The van der Waals surface area contributed by atoms with Crippen molar-refractivity contribution in [1.82, 2.24) is 5.32 Å². The first-order valence-electron chi connectivity index (χ1n) is 9.04. The van der Waals surface area contributed by atoms with Crippen molar-refractivity contribution < 1.29 is 14.7 Å². The topological polar surface area (TPSA) is 66.4 Å². The van der Waals surface area contributed by atoms with Crippen molar-refractivity contribution in [3.63, 3.8) is 0 Å². The number of rotatable bonds is 12. The van der Waals surface area contributed by atoms with E-state index in [0.29, 0.717) is 12.0 Å². The van der Waals surface area contributed by atoms with Gasteiger partial charge in [0, 0.05) is 13.0 Å². The first-order chi connectivity index (χ1) is 11.3. The molecule has 24 heavy (non-hydrogen) atoms. The third-order valence-corrected chi connectivity index (χ3v) is 4.51. The van der Waals surface area contributed by atoms with Crippen LogP contribution in [0.3, 0.4) is 0 Å². The molecule has 0 bridgehead atoms. The molecule has 0 aromatic heterocycles. The highest BCUT2D eigenvalue weighted by Gasteiger charge is 2.28. The Kier molecular flexibility index (Phi) is 11.1. The van der Waals surface area contributed by atoms with E-state index < -0.39 is 11.9 Å².